The van der Waals surface area contributed by atoms with Crippen molar-refractivity contribution in [3.05, 3.63) is 0 Å². The molecule has 3 nitrogen and oxygen atoms in total. The number of nitrogens with zero attached hydrogens (tertiary/aromatic N) is 1. The standard InChI is InChI=1S/C3H4N2OS/c6-3-1-4-5-7-2-3/h1,5H,2H2. The number of Topliss-reactive ketones (excluding diaryl/α,β-unsaturated/α-hetero) is 1. The lowest BCUT2D eigenvalue weighted by Gasteiger charge is -1.99. The summed E-state index contributed by atoms with van der Waals surface area (Å²) < 4.78 is 0. The number of hydrogen-bond donors (Lipinski definition) is 1. The predicted octanol–water partition coefficient (Wildman–Crippen LogP) is -0.207. The van der Waals surface area contributed by atoms with E-state index in [1.165, 1.54) is 18.2 Å². The monoisotopic (exact) mass is 116 g/mol. The highest BCUT2D eigenvalue weighted by molar-refractivity contribution is 7.98. The van der Waals surface area contributed by atoms with Crippen LogP contribution < -0.4 is 4.83 Å². The first-order valence-corrected chi connectivity index (χ1v) is 2.81. The minimum atomic E-state index is 0.0729. The van der Waals surface area contributed by atoms with Crippen molar-refractivity contribution in [2.75, 3.05) is 5.75 Å². The topological polar surface area (TPSA) is 41.5 Å². The fraction of sp³-hybridized carbons (Fsp3) is 0.333. The number of ketones is 1. The number of carbonyl (C=O) groups excluding carboxylic acids is 1. The molecule has 0 fully saturated rings. The molecule has 0 amide bonds. The van der Waals surface area contributed by atoms with Gasteiger partial charge in [-0.1, -0.05) is 0 Å². The number of hydrogen-bond acceptors (Lipinski definition) is 4. The summed E-state index contributed by atoms with van der Waals surface area (Å²) in [5.74, 6) is 0.576. The van der Waals surface area contributed by atoms with Gasteiger partial charge in [0.25, 0.3) is 0 Å². The average Bonchev–Trinajstić information content (AvgIpc) is 1.69. The van der Waals surface area contributed by atoms with Crippen LogP contribution in [0.2, 0.25) is 0 Å². The second kappa shape index (κ2) is 1.97. The Morgan fingerprint density at radius 3 is 3.14 bits per heavy atom. The van der Waals surface area contributed by atoms with Crippen LogP contribution in [0.4, 0.5) is 0 Å². The smallest absolute Gasteiger partial charge is 0.187 e. The molecular weight excluding hydrogens is 112 g/mol. The van der Waals surface area contributed by atoms with Crippen molar-refractivity contribution in [1.82, 2.24) is 4.83 Å². The molecule has 0 unspecified atom stereocenters. The second-order valence-corrected chi connectivity index (χ2v) is 1.86. The molecule has 1 aliphatic heterocycles. The van der Waals surface area contributed by atoms with Crippen LogP contribution in [-0.4, -0.2) is 17.8 Å². The molecule has 1 heterocycles. The highest BCUT2D eigenvalue weighted by atomic mass is 32.2. The van der Waals surface area contributed by atoms with Gasteiger partial charge in [0, 0.05) is 0 Å². The van der Waals surface area contributed by atoms with E-state index in [1.807, 2.05) is 0 Å². The first-order valence-electron chi connectivity index (χ1n) is 1.82. The third-order valence-electron chi connectivity index (χ3n) is 0.540. The van der Waals surface area contributed by atoms with E-state index in [0.717, 1.165) is 0 Å². The molecule has 38 valence electrons. The van der Waals surface area contributed by atoms with E-state index >= 15 is 0 Å². The average molecular weight is 116 g/mol. The Morgan fingerprint density at radius 1 is 2.00 bits per heavy atom. The molecule has 7 heavy (non-hydrogen) atoms. The SMILES string of the molecule is O=C1C=NNSC1. The van der Waals surface area contributed by atoms with Gasteiger partial charge in [0.1, 0.15) is 0 Å². The van der Waals surface area contributed by atoms with Crippen molar-refractivity contribution in [3.8, 4) is 0 Å². The third-order valence-corrected chi connectivity index (χ3v) is 1.20. The van der Waals surface area contributed by atoms with Gasteiger partial charge in [0.15, 0.2) is 5.78 Å². The number of rotatable bonds is 0. The van der Waals surface area contributed by atoms with Crippen molar-refractivity contribution in [2.24, 2.45) is 5.10 Å². The number of nitrogens with one attached hydrogen (secondary N) is 1. The van der Waals surface area contributed by atoms with Gasteiger partial charge in [-0.05, 0) is 11.9 Å². The lowest BCUT2D eigenvalue weighted by atomic mass is 10.5. The molecule has 0 aromatic rings. The Kier molecular flexibility index (Phi) is 1.31. The Hall–Kier alpha value is -0.510. The highest BCUT2D eigenvalue weighted by Gasteiger charge is 2.00. The Labute approximate surface area is 45.3 Å². The lowest BCUT2D eigenvalue weighted by molar-refractivity contribution is -0.110. The van der Waals surface area contributed by atoms with E-state index in [9.17, 15) is 4.79 Å². The summed E-state index contributed by atoms with van der Waals surface area (Å²) in [6, 6.07) is 0. The maximum Gasteiger partial charge on any atom is 0.187 e. The fourth-order valence-electron chi connectivity index (χ4n) is 0.276. The van der Waals surface area contributed by atoms with Crippen molar-refractivity contribution in [1.29, 1.82) is 0 Å². The summed E-state index contributed by atoms with van der Waals surface area (Å²) in [4.78, 5) is 12.8. The minimum Gasteiger partial charge on any atom is -0.292 e. The minimum absolute atomic E-state index is 0.0729. The lowest BCUT2D eigenvalue weighted by Crippen LogP contribution is -2.13. The zero-order valence-corrected chi connectivity index (χ0v) is 4.36. The van der Waals surface area contributed by atoms with E-state index in [2.05, 4.69) is 9.93 Å². The van der Waals surface area contributed by atoms with Crippen LogP contribution in [0, 0.1) is 0 Å². The number of hydrazone groups is 1. The molecule has 0 bridgehead atoms. The molecule has 0 aromatic heterocycles. The highest BCUT2D eigenvalue weighted by Crippen LogP contribution is 1.95. The van der Waals surface area contributed by atoms with Crippen LogP contribution in [0.1, 0.15) is 0 Å². The van der Waals surface area contributed by atoms with Crippen LogP contribution in [-0.2, 0) is 4.79 Å². The van der Waals surface area contributed by atoms with Crippen LogP contribution >= 0.6 is 11.9 Å². The largest absolute Gasteiger partial charge is 0.292 e. The number of carbonyl (C=O) groups is 1. The van der Waals surface area contributed by atoms with Gasteiger partial charge in [0.05, 0.1) is 12.0 Å². The van der Waals surface area contributed by atoms with Crippen LogP contribution in [0.15, 0.2) is 5.10 Å². The van der Waals surface area contributed by atoms with E-state index < -0.39 is 0 Å². The maximum atomic E-state index is 10.3. The van der Waals surface area contributed by atoms with Gasteiger partial charge in [-0.25, -0.2) is 0 Å². The first-order chi connectivity index (χ1) is 3.39. The van der Waals surface area contributed by atoms with Crippen LogP contribution in [0.25, 0.3) is 0 Å². The summed E-state index contributed by atoms with van der Waals surface area (Å²) in [5, 5.41) is 3.50. The fourth-order valence-corrected chi connectivity index (χ4v) is 0.685. The molecule has 1 rings (SSSR count). The molecule has 0 atom stereocenters. The van der Waals surface area contributed by atoms with E-state index in [4.69, 9.17) is 0 Å². The molecule has 0 spiro atoms. The molecule has 4 heteroatoms. The van der Waals surface area contributed by atoms with Gasteiger partial charge in [-0.2, -0.15) is 5.10 Å². The Bertz CT molecular complexity index is 112. The van der Waals surface area contributed by atoms with Gasteiger partial charge < -0.3 is 0 Å². The summed E-state index contributed by atoms with van der Waals surface area (Å²) >= 11 is 1.31. The molecule has 0 saturated carbocycles. The van der Waals surface area contributed by atoms with Gasteiger partial charge >= 0.3 is 0 Å². The van der Waals surface area contributed by atoms with Crippen molar-refractivity contribution < 1.29 is 4.79 Å². The van der Waals surface area contributed by atoms with Crippen molar-refractivity contribution in [3.63, 3.8) is 0 Å². The quantitative estimate of drug-likeness (QED) is 0.445. The first kappa shape index (κ1) is 4.64. The Morgan fingerprint density at radius 2 is 2.86 bits per heavy atom. The zero-order valence-electron chi connectivity index (χ0n) is 3.55. The molecule has 1 N–H and O–H groups in total. The predicted molar refractivity (Wildman–Crippen MR) is 29.1 cm³/mol. The zero-order chi connectivity index (χ0) is 5.11. The van der Waals surface area contributed by atoms with Gasteiger partial charge in [-0.3, -0.25) is 9.63 Å². The summed E-state index contributed by atoms with van der Waals surface area (Å²) in [5.41, 5.74) is 0. The van der Waals surface area contributed by atoms with Gasteiger partial charge in [0.2, 0.25) is 0 Å². The van der Waals surface area contributed by atoms with E-state index in [-0.39, 0.29) is 5.78 Å². The normalized spacial score (nSPS) is 19.1. The summed E-state index contributed by atoms with van der Waals surface area (Å²) in [7, 11) is 0. The molecule has 0 aromatic carbocycles. The molecule has 1 aliphatic rings. The maximum absolute atomic E-state index is 10.3. The van der Waals surface area contributed by atoms with Crippen molar-refractivity contribution in [2.45, 2.75) is 0 Å². The van der Waals surface area contributed by atoms with Gasteiger partial charge in [-0.15, -0.1) is 0 Å². The summed E-state index contributed by atoms with van der Waals surface area (Å²) in [6.07, 6.45) is 1.29. The van der Waals surface area contributed by atoms with E-state index in [1.54, 1.807) is 0 Å². The molecular formula is C3H4N2OS. The molecule has 0 saturated heterocycles. The van der Waals surface area contributed by atoms with Crippen LogP contribution in [0.5, 0.6) is 0 Å². The third kappa shape index (κ3) is 1.19. The summed E-state index contributed by atoms with van der Waals surface area (Å²) in [6.45, 7) is 0. The Balaban J connectivity index is 2.51. The second-order valence-electron chi connectivity index (χ2n) is 1.10. The van der Waals surface area contributed by atoms with Crippen LogP contribution in [0.3, 0.4) is 0 Å². The van der Waals surface area contributed by atoms with E-state index in [0.29, 0.717) is 5.75 Å². The van der Waals surface area contributed by atoms with Crippen molar-refractivity contribution >= 4 is 23.9 Å². The molecule has 0 radical (unpaired) electrons. The molecule has 0 aliphatic carbocycles.